The van der Waals surface area contributed by atoms with Gasteiger partial charge in [-0.05, 0) is 51.8 Å². The molecule has 1 aliphatic rings. The molecule has 2 aromatic rings. The Labute approximate surface area is 151 Å². The van der Waals surface area contributed by atoms with Crippen LogP contribution in [0.3, 0.4) is 0 Å². The number of rotatable bonds is 1. The summed E-state index contributed by atoms with van der Waals surface area (Å²) in [6, 6.07) is 2.89. The molecule has 0 bridgehead atoms. The van der Waals surface area contributed by atoms with Gasteiger partial charge in [-0.1, -0.05) is 17.7 Å². The Morgan fingerprint density at radius 1 is 1.44 bits per heavy atom. The summed E-state index contributed by atoms with van der Waals surface area (Å²) in [6.45, 7) is 7.92. The highest BCUT2D eigenvalue weighted by Gasteiger charge is 2.29. The van der Waals surface area contributed by atoms with Crippen LogP contribution in [0.1, 0.15) is 39.7 Å². The first kappa shape index (κ1) is 17.8. The zero-order valence-corrected chi connectivity index (χ0v) is 15.5. The highest BCUT2D eigenvalue weighted by molar-refractivity contribution is 6.35. The van der Waals surface area contributed by atoms with Crippen LogP contribution in [-0.2, 0) is 4.74 Å². The van der Waals surface area contributed by atoms with E-state index < -0.39 is 11.4 Å². The molecular weight excluding hydrogens is 345 g/mol. The minimum absolute atomic E-state index is 0.0624. The zero-order chi connectivity index (χ0) is 18.4. The summed E-state index contributed by atoms with van der Waals surface area (Å²) in [7, 11) is 0. The van der Waals surface area contributed by atoms with Crippen molar-refractivity contribution in [2.75, 3.05) is 6.54 Å². The summed E-state index contributed by atoms with van der Waals surface area (Å²) in [6.07, 6.45) is 3.68. The molecule has 1 atom stereocenters. The molecule has 4 nitrogen and oxygen atoms in total. The summed E-state index contributed by atoms with van der Waals surface area (Å²) in [5.41, 5.74) is 1.64. The SMILES string of the molecule is CC1C=C(c2cc(F)c(Cl)c3ccoc23)CCN1C(=O)OC(C)(C)C. The van der Waals surface area contributed by atoms with Gasteiger partial charge in [0.05, 0.1) is 17.3 Å². The van der Waals surface area contributed by atoms with Gasteiger partial charge in [-0.2, -0.15) is 0 Å². The van der Waals surface area contributed by atoms with E-state index in [0.29, 0.717) is 29.5 Å². The topological polar surface area (TPSA) is 42.7 Å². The quantitative estimate of drug-likeness (QED) is 0.657. The lowest BCUT2D eigenvalue weighted by Gasteiger charge is -2.34. The number of fused-ring (bicyclic) bond motifs is 1. The van der Waals surface area contributed by atoms with Crippen LogP contribution in [0.4, 0.5) is 9.18 Å². The molecule has 1 aliphatic heterocycles. The van der Waals surface area contributed by atoms with Crippen LogP contribution < -0.4 is 0 Å². The normalized spacial score (nSPS) is 18.4. The van der Waals surface area contributed by atoms with Crippen molar-refractivity contribution in [1.82, 2.24) is 4.90 Å². The number of hydrogen-bond acceptors (Lipinski definition) is 3. The number of amides is 1. The molecular formula is C19H21ClFNO3. The van der Waals surface area contributed by atoms with Gasteiger partial charge in [-0.25, -0.2) is 9.18 Å². The lowest BCUT2D eigenvalue weighted by molar-refractivity contribution is 0.0209. The molecule has 0 N–H and O–H groups in total. The van der Waals surface area contributed by atoms with Crippen LogP contribution in [0.25, 0.3) is 16.5 Å². The number of carbonyl (C=O) groups is 1. The summed E-state index contributed by atoms with van der Waals surface area (Å²) >= 11 is 6.01. The van der Waals surface area contributed by atoms with E-state index in [1.54, 1.807) is 11.0 Å². The van der Waals surface area contributed by atoms with E-state index >= 15 is 0 Å². The van der Waals surface area contributed by atoms with E-state index in [0.717, 1.165) is 5.57 Å². The Morgan fingerprint density at radius 2 is 2.16 bits per heavy atom. The van der Waals surface area contributed by atoms with Gasteiger partial charge in [0.2, 0.25) is 0 Å². The van der Waals surface area contributed by atoms with E-state index in [2.05, 4.69) is 0 Å². The fraction of sp³-hybridized carbons (Fsp3) is 0.421. The largest absolute Gasteiger partial charge is 0.464 e. The molecule has 1 unspecified atom stereocenters. The van der Waals surface area contributed by atoms with Gasteiger partial charge in [0.25, 0.3) is 0 Å². The van der Waals surface area contributed by atoms with Crippen LogP contribution in [0.2, 0.25) is 5.02 Å². The molecule has 6 heteroatoms. The predicted molar refractivity (Wildman–Crippen MR) is 96.2 cm³/mol. The number of carbonyl (C=O) groups excluding carboxylic acids is 1. The second kappa shape index (κ2) is 6.37. The van der Waals surface area contributed by atoms with Crippen LogP contribution >= 0.6 is 11.6 Å². The lowest BCUT2D eigenvalue weighted by atomic mass is 9.95. The summed E-state index contributed by atoms with van der Waals surface area (Å²) in [5, 5.41) is 0.618. The summed E-state index contributed by atoms with van der Waals surface area (Å²) < 4.78 is 25.1. The Hall–Kier alpha value is -2.01. The van der Waals surface area contributed by atoms with Gasteiger partial charge in [0, 0.05) is 17.5 Å². The molecule has 2 heterocycles. The van der Waals surface area contributed by atoms with Crippen LogP contribution in [-0.4, -0.2) is 29.2 Å². The maximum absolute atomic E-state index is 14.1. The summed E-state index contributed by atoms with van der Waals surface area (Å²) in [5.74, 6) is -0.478. The third kappa shape index (κ3) is 3.52. The second-order valence-electron chi connectivity index (χ2n) is 7.24. The van der Waals surface area contributed by atoms with Gasteiger partial charge in [0.1, 0.15) is 17.0 Å². The Bertz CT molecular complexity index is 850. The standard InChI is InChI=1S/C19H21ClFNO3/c1-11-9-12(5-7-22(11)18(23)25-19(2,3)4)14-10-15(21)16(20)13-6-8-24-17(13)14/h6,8-11H,5,7H2,1-4H3. The lowest BCUT2D eigenvalue weighted by Crippen LogP contribution is -2.43. The average Bonchev–Trinajstić information content (AvgIpc) is 2.98. The highest BCUT2D eigenvalue weighted by atomic mass is 35.5. The third-order valence-corrected chi connectivity index (χ3v) is 4.54. The van der Waals surface area contributed by atoms with E-state index in [1.165, 1.54) is 12.3 Å². The van der Waals surface area contributed by atoms with Crippen molar-refractivity contribution in [3.05, 3.63) is 40.9 Å². The van der Waals surface area contributed by atoms with Crippen molar-refractivity contribution >= 4 is 34.2 Å². The molecule has 1 amide bonds. The monoisotopic (exact) mass is 365 g/mol. The molecule has 0 saturated heterocycles. The van der Waals surface area contributed by atoms with Crippen molar-refractivity contribution < 1.29 is 18.3 Å². The second-order valence-corrected chi connectivity index (χ2v) is 7.62. The van der Waals surface area contributed by atoms with Crippen LogP contribution in [0.15, 0.2) is 28.9 Å². The van der Waals surface area contributed by atoms with Gasteiger partial charge in [0.15, 0.2) is 0 Å². The molecule has 0 saturated carbocycles. The van der Waals surface area contributed by atoms with E-state index in [9.17, 15) is 9.18 Å². The maximum atomic E-state index is 14.1. The van der Waals surface area contributed by atoms with Crippen molar-refractivity contribution in [2.45, 2.75) is 45.8 Å². The highest BCUT2D eigenvalue weighted by Crippen LogP contribution is 2.36. The first-order chi connectivity index (χ1) is 11.7. The Morgan fingerprint density at radius 3 is 2.80 bits per heavy atom. The minimum atomic E-state index is -0.541. The molecule has 25 heavy (non-hydrogen) atoms. The van der Waals surface area contributed by atoms with Crippen LogP contribution in [0, 0.1) is 5.82 Å². The average molecular weight is 366 g/mol. The minimum Gasteiger partial charge on any atom is -0.464 e. The smallest absolute Gasteiger partial charge is 0.410 e. The van der Waals surface area contributed by atoms with Crippen molar-refractivity contribution in [2.24, 2.45) is 0 Å². The predicted octanol–water partition coefficient (Wildman–Crippen LogP) is 5.64. The first-order valence-electron chi connectivity index (χ1n) is 8.23. The Kier molecular flexibility index (Phi) is 4.54. The zero-order valence-electron chi connectivity index (χ0n) is 14.7. The van der Waals surface area contributed by atoms with Crippen molar-refractivity contribution in [3.63, 3.8) is 0 Å². The molecule has 0 aliphatic carbocycles. The number of benzene rings is 1. The first-order valence-corrected chi connectivity index (χ1v) is 8.61. The molecule has 1 aromatic heterocycles. The van der Waals surface area contributed by atoms with Gasteiger partial charge >= 0.3 is 6.09 Å². The van der Waals surface area contributed by atoms with E-state index in [-0.39, 0.29) is 17.2 Å². The van der Waals surface area contributed by atoms with Crippen LogP contribution in [0.5, 0.6) is 0 Å². The van der Waals surface area contributed by atoms with Gasteiger partial charge < -0.3 is 14.1 Å². The number of furan rings is 1. The van der Waals surface area contributed by atoms with E-state index in [4.69, 9.17) is 20.8 Å². The van der Waals surface area contributed by atoms with Gasteiger partial charge in [-0.15, -0.1) is 0 Å². The third-order valence-electron chi connectivity index (χ3n) is 4.16. The number of nitrogens with zero attached hydrogens (tertiary/aromatic N) is 1. The van der Waals surface area contributed by atoms with Crippen molar-refractivity contribution in [3.8, 4) is 0 Å². The van der Waals surface area contributed by atoms with Crippen molar-refractivity contribution in [1.29, 1.82) is 0 Å². The summed E-state index contributed by atoms with van der Waals surface area (Å²) in [4.78, 5) is 14.0. The number of ether oxygens (including phenoxy) is 1. The molecule has 0 radical (unpaired) electrons. The molecule has 134 valence electrons. The molecule has 3 rings (SSSR count). The van der Waals surface area contributed by atoms with Gasteiger partial charge in [-0.3, -0.25) is 0 Å². The number of hydrogen-bond donors (Lipinski definition) is 0. The maximum Gasteiger partial charge on any atom is 0.410 e. The molecule has 1 aromatic carbocycles. The molecule has 0 fully saturated rings. The number of halogens is 2. The fourth-order valence-electron chi connectivity index (χ4n) is 3.03. The fourth-order valence-corrected chi connectivity index (χ4v) is 3.23. The Balaban J connectivity index is 1.92. The molecule has 0 spiro atoms. The van der Waals surface area contributed by atoms with E-state index in [1.807, 2.05) is 33.8 Å².